The number of alkyl halides is 1. The Labute approximate surface area is 178 Å². The zero-order valence-corrected chi connectivity index (χ0v) is 17.3. The van der Waals surface area contributed by atoms with Gasteiger partial charge in [-0.2, -0.15) is 9.61 Å². The van der Waals surface area contributed by atoms with Gasteiger partial charge in [0.25, 0.3) is 5.88 Å². The summed E-state index contributed by atoms with van der Waals surface area (Å²) in [5, 5.41) is 17.7. The Morgan fingerprint density at radius 2 is 1.87 bits per heavy atom. The summed E-state index contributed by atoms with van der Waals surface area (Å²) in [5.41, 5.74) is 2.55. The number of hydrogen-bond acceptors (Lipinski definition) is 7. The van der Waals surface area contributed by atoms with Gasteiger partial charge in [0.05, 0.1) is 5.88 Å². The summed E-state index contributed by atoms with van der Waals surface area (Å²) in [4.78, 5) is 6.69. The maximum absolute atomic E-state index is 6.15. The van der Waals surface area contributed by atoms with Gasteiger partial charge in [0.2, 0.25) is 0 Å². The van der Waals surface area contributed by atoms with Crippen molar-refractivity contribution in [2.75, 3.05) is 18.0 Å². The molecule has 0 radical (unpaired) electrons. The van der Waals surface area contributed by atoms with Gasteiger partial charge in [-0.25, -0.2) is 9.67 Å². The highest BCUT2D eigenvalue weighted by Gasteiger charge is 2.22. The third-order valence-corrected chi connectivity index (χ3v) is 5.41. The van der Waals surface area contributed by atoms with E-state index in [9.17, 15) is 0 Å². The lowest BCUT2D eigenvalue weighted by Crippen LogP contribution is -2.20. The molecule has 0 unspecified atom stereocenters. The van der Waals surface area contributed by atoms with E-state index in [4.69, 9.17) is 21.4 Å². The number of aryl methyl sites for hydroxylation is 1. The van der Waals surface area contributed by atoms with Crippen molar-refractivity contribution in [2.24, 2.45) is 7.05 Å². The second-order valence-corrected chi connectivity index (χ2v) is 7.45. The predicted octanol–water partition coefficient (Wildman–Crippen LogP) is 2.84. The van der Waals surface area contributed by atoms with Gasteiger partial charge in [-0.05, 0) is 12.8 Å². The molecule has 1 aromatic carbocycles. The maximum atomic E-state index is 6.15. The zero-order valence-electron chi connectivity index (χ0n) is 16.6. The number of hydrogen-bond donors (Lipinski definition) is 0. The van der Waals surface area contributed by atoms with Crippen LogP contribution in [0.3, 0.4) is 0 Å². The number of rotatable bonds is 6. The molecule has 4 aromatic rings. The molecule has 0 saturated carbocycles. The van der Waals surface area contributed by atoms with Crippen molar-refractivity contribution in [2.45, 2.75) is 25.3 Å². The molecule has 1 fully saturated rings. The second-order valence-electron chi connectivity index (χ2n) is 7.18. The van der Waals surface area contributed by atoms with E-state index in [1.807, 2.05) is 43.4 Å². The van der Waals surface area contributed by atoms with Gasteiger partial charge in [-0.15, -0.1) is 26.9 Å². The van der Waals surface area contributed by atoms with E-state index < -0.39 is 0 Å². The highest BCUT2D eigenvalue weighted by Crippen LogP contribution is 2.31. The van der Waals surface area contributed by atoms with Crippen LogP contribution < -0.4 is 9.64 Å². The molecule has 30 heavy (non-hydrogen) atoms. The highest BCUT2D eigenvalue weighted by molar-refractivity contribution is 6.16. The molecule has 1 aliphatic heterocycles. The molecule has 1 aliphatic rings. The SMILES string of the molecule is Cn1nc(CCl)nc1COc1nn2c(-c3ccccc3)nnc2cc1N1CCCC1. The molecule has 0 aliphatic carbocycles. The number of anilines is 1. The molecule has 4 heterocycles. The molecule has 5 rings (SSSR count). The summed E-state index contributed by atoms with van der Waals surface area (Å²) in [6.45, 7) is 2.17. The van der Waals surface area contributed by atoms with E-state index >= 15 is 0 Å². The Kier molecular flexibility index (Phi) is 4.96. The third kappa shape index (κ3) is 3.45. The molecule has 1 saturated heterocycles. The normalized spacial score (nSPS) is 14.0. The molecule has 0 amide bonds. The van der Waals surface area contributed by atoms with Gasteiger partial charge in [0.15, 0.2) is 23.1 Å². The molecule has 154 valence electrons. The molecule has 10 heteroatoms. The van der Waals surface area contributed by atoms with Gasteiger partial charge < -0.3 is 9.64 Å². The van der Waals surface area contributed by atoms with Gasteiger partial charge >= 0.3 is 0 Å². The first-order chi connectivity index (χ1) is 14.7. The summed E-state index contributed by atoms with van der Waals surface area (Å²) >= 11 is 5.85. The predicted molar refractivity (Wildman–Crippen MR) is 113 cm³/mol. The lowest BCUT2D eigenvalue weighted by atomic mass is 10.2. The maximum Gasteiger partial charge on any atom is 0.256 e. The molecule has 0 atom stereocenters. The van der Waals surface area contributed by atoms with Gasteiger partial charge in [0, 0.05) is 31.8 Å². The van der Waals surface area contributed by atoms with Crippen molar-refractivity contribution in [3.8, 4) is 17.3 Å². The van der Waals surface area contributed by atoms with Crippen LogP contribution in [0.5, 0.6) is 5.88 Å². The number of aromatic nitrogens is 7. The monoisotopic (exact) mass is 424 g/mol. The molecular weight excluding hydrogens is 404 g/mol. The molecule has 0 bridgehead atoms. The van der Waals surface area contributed by atoms with Gasteiger partial charge in [-0.3, -0.25) is 0 Å². The Bertz CT molecular complexity index is 1170. The van der Waals surface area contributed by atoms with E-state index in [0.717, 1.165) is 37.2 Å². The lowest BCUT2D eigenvalue weighted by molar-refractivity contribution is 0.275. The van der Waals surface area contributed by atoms with Crippen LogP contribution in [-0.2, 0) is 19.5 Å². The molecule has 9 nitrogen and oxygen atoms in total. The Morgan fingerprint density at radius 3 is 2.60 bits per heavy atom. The smallest absolute Gasteiger partial charge is 0.256 e. The van der Waals surface area contributed by atoms with Crippen molar-refractivity contribution >= 4 is 22.9 Å². The fourth-order valence-electron chi connectivity index (χ4n) is 3.65. The van der Waals surface area contributed by atoms with Crippen molar-refractivity contribution in [3.63, 3.8) is 0 Å². The molecule has 0 N–H and O–H groups in total. The van der Waals surface area contributed by atoms with Crippen LogP contribution in [0.2, 0.25) is 0 Å². The van der Waals surface area contributed by atoms with Crippen molar-refractivity contribution < 1.29 is 4.74 Å². The minimum absolute atomic E-state index is 0.239. The second kappa shape index (κ2) is 7.91. The van der Waals surface area contributed by atoms with Crippen molar-refractivity contribution in [1.29, 1.82) is 0 Å². The van der Waals surface area contributed by atoms with Crippen LogP contribution in [-0.4, -0.2) is 47.7 Å². The summed E-state index contributed by atoms with van der Waals surface area (Å²) in [6, 6.07) is 11.9. The average molecular weight is 425 g/mol. The van der Waals surface area contributed by atoms with E-state index in [2.05, 4.69) is 25.2 Å². The van der Waals surface area contributed by atoms with Crippen LogP contribution in [0.15, 0.2) is 36.4 Å². The quantitative estimate of drug-likeness (QED) is 0.440. The number of halogens is 1. The van der Waals surface area contributed by atoms with E-state index in [1.165, 1.54) is 0 Å². The number of fused-ring (bicyclic) bond motifs is 1. The largest absolute Gasteiger partial charge is 0.467 e. The van der Waals surface area contributed by atoms with Crippen LogP contribution in [0.1, 0.15) is 24.5 Å². The Balaban J connectivity index is 1.54. The standard InChI is InChI=1S/C20H21ClN8O/c1-27-18(22-16(12-21)25-27)13-30-20-15(28-9-5-6-10-28)11-17-23-24-19(29(17)26-20)14-7-3-2-4-8-14/h2-4,7-8,11H,5-6,9-10,12-13H2,1H3. The average Bonchev–Trinajstić information content (AvgIpc) is 3.52. The first kappa shape index (κ1) is 18.8. The number of ether oxygens (including phenoxy) is 1. The summed E-state index contributed by atoms with van der Waals surface area (Å²) in [7, 11) is 1.83. The highest BCUT2D eigenvalue weighted by atomic mass is 35.5. The fourth-order valence-corrected chi connectivity index (χ4v) is 3.76. The Hall–Kier alpha value is -3.20. The molecule has 0 spiro atoms. The van der Waals surface area contributed by atoms with E-state index in [0.29, 0.717) is 29.0 Å². The summed E-state index contributed by atoms with van der Waals surface area (Å²) < 4.78 is 9.55. The van der Waals surface area contributed by atoms with E-state index in [1.54, 1.807) is 9.20 Å². The number of benzene rings is 1. The van der Waals surface area contributed by atoms with Crippen molar-refractivity contribution in [1.82, 2.24) is 34.6 Å². The lowest BCUT2D eigenvalue weighted by Gasteiger charge is -2.20. The van der Waals surface area contributed by atoms with Crippen LogP contribution in [0.4, 0.5) is 5.69 Å². The van der Waals surface area contributed by atoms with Crippen LogP contribution >= 0.6 is 11.6 Å². The van der Waals surface area contributed by atoms with Gasteiger partial charge in [-0.1, -0.05) is 30.3 Å². The molecule has 3 aromatic heterocycles. The van der Waals surface area contributed by atoms with Crippen LogP contribution in [0.25, 0.3) is 17.0 Å². The van der Waals surface area contributed by atoms with E-state index in [-0.39, 0.29) is 12.5 Å². The molecular formula is C20H21ClN8O. The zero-order chi connectivity index (χ0) is 20.5. The summed E-state index contributed by atoms with van der Waals surface area (Å²) in [6.07, 6.45) is 2.30. The first-order valence-electron chi connectivity index (χ1n) is 9.87. The minimum Gasteiger partial charge on any atom is -0.467 e. The minimum atomic E-state index is 0.239. The van der Waals surface area contributed by atoms with Crippen LogP contribution in [0, 0.1) is 0 Å². The summed E-state index contributed by atoms with van der Waals surface area (Å²) in [5.74, 6) is 2.72. The Morgan fingerprint density at radius 1 is 1.07 bits per heavy atom. The fraction of sp³-hybridized carbons (Fsp3) is 0.350. The topological polar surface area (TPSA) is 86.3 Å². The van der Waals surface area contributed by atoms with Gasteiger partial charge in [0.1, 0.15) is 12.3 Å². The van der Waals surface area contributed by atoms with Crippen molar-refractivity contribution in [3.05, 3.63) is 48.0 Å². The number of nitrogens with zero attached hydrogens (tertiary/aromatic N) is 8. The third-order valence-electron chi connectivity index (χ3n) is 5.17. The first-order valence-corrected chi connectivity index (χ1v) is 10.4.